The number of hydrogen-bond acceptors (Lipinski definition) is 2. The first-order valence-electron chi connectivity index (χ1n) is 7.29. The van der Waals surface area contributed by atoms with E-state index in [2.05, 4.69) is 48.2 Å². The molecular formula is C14H30N4. The Morgan fingerprint density at radius 3 is 2.44 bits per heavy atom. The predicted octanol–water partition coefficient (Wildman–Crippen LogP) is 1.68. The molecule has 0 aromatic rings. The monoisotopic (exact) mass is 254 g/mol. The summed E-state index contributed by atoms with van der Waals surface area (Å²) in [5.74, 6) is 1.53. The lowest BCUT2D eigenvalue weighted by molar-refractivity contribution is 0.281. The molecule has 0 spiro atoms. The second kappa shape index (κ2) is 7.62. The van der Waals surface area contributed by atoms with Gasteiger partial charge in [0.1, 0.15) is 0 Å². The van der Waals surface area contributed by atoms with Crippen LogP contribution in [-0.2, 0) is 0 Å². The molecule has 4 nitrogen and oxygen atoms in total. The van der Waals surface area contributed by atoms with Crippen molar-refractivity contribution in [2.24, 2.45) is 10.9 Å². The zero-order valence-corrected chi connectivity index (χ0v) is 12.7. The number of aliphatic imine (C=N–C) groups is 1. The van der Waals surface area contributed by atoms with Crippen LogP contribution in [0.2, 0.25) is 0 Å². The summed E-state index contributed by atoms with van der Waals surface area (Å²) >= 11 is 0. The van der Waals surface area contributed by atoms with Gasteiger partial charge in [0.15, 0.2) is 5.96 Å². The molecule has 0 aromatic heterocycles. The van der Waals surface area contributed by atoms with E-state index in [-0.39, 0.29) is 0 Å². The second-order valence-corrected chi connectivity index (χ2v) is 5.54. The second-order valence-electron chi connectivity index (χ2n) is 5.54. The predicted molar refractivity (Wildman–Crippen MR) is 79.1 cm³/mol. The highest BCUT2D eigenvalue weighted by Gasteiger charge is 2.27. The van der Waals surface area contributed by atoms with Crippen LogP contribution in [0.15, 0.2) is 4.99 Å². The molecule has 1 aliphatic rings. The Bertz CT molecular complexity index is 259. The van der Waals surface area contributed by atoms with Gasteiger partial charge in [-0.2, -0.15) is 0 Å². The number of guanidine groups is 1. The molecule has 0 bridgehead atoms. The molecule has 0 aliphatic heterocycles. The molecular weight excluding hydrogens is 224 g/mol. The number of nitrogens with one attached hydrogen (secondary N) is 2. The van der Waals surface area contributed by atoms with Crippen molar-refractivity contribution in [1.82, 2.24) is 15.5 Å². The van der Waals surface area contributed by atoms with Crippen molar-refractivity contribution < 1.29 is 0 Å². The number of hydrogen-bond donors (Lipinski definition) is 2. The highest BCUT2D eigenvalue weighted by atomic mass is 15.2. The van der Waals surface area contributed by atoms with E-state index in [1.807, 2.05) is 7.05 Å². The quantitative estimate of drug-likeness (QED) is 0.536. The van der Waals surface area contributed by atoms with E-state index in [0.717, 1.165) is 31.6 Å². The Hall–Kier alpha value is -0.770. The highest BCUT2D eigenvalue weighted by Crippen LogP contribution is 2.25. The Balaban J connectivity index is 2.22. The molecule has 0 radical (unpaired) electrons. The zero-order chi connectivity index (χ0) is 13.5. The summed E-state index contributed by atoms with van der Waals surface area (Å²) in [6.07, 6.45) is 2.76. The molecule has 1 atom stereocenters. The van der Waals surface area contributed by atoms with E-state index >= 15 is 0 Å². The van der Waals surface area contributed by atoms with Gasteiger partial charge in [-0.05, 0) is 32.2 Å². The highest BCUT2D eigenvalue weighted by molar-refractivity contribution is 5.79. The fourth-order valence-electron chi connectivity index (χ4n) is 1.93. The molecule has 1 unspecified atom stereocenters. The van der Waals surface area contributed by atoms with Crippen molar-refractivity contribution in [2.45, 2.75) is 52.6 Å². The summed E-state index contributed by atoms with van der Waals surface area (Å²) in [6, 6.07) is 1.29. The molecule has 1 saturated carbocycles. The van der Waals surface area contributed by atoms with Crippen molar-refractivity contribution in [2.75, 3.05) is 26.7 Å². The van der Waals surface area contributed by atoms with Gasteiger partial charge < -0.3 is 10.6 Å². The summed E-state index contributed by atoms with van der Waals surface area (Å²) in [5.41, 5.74) is 0. The van der Waals surface area contributed by atoms with Gasteiger partial charge in [0.05, 0.1) is 0 Å². The Morgan fingerprint density at radius 2 is 2.00 bits per heavy atom. The first kappa shape index (κ1) is 15.3. The average molecular weight is 254 g/mol. The SMILES string of the molecule is CCN(CCNC(=NC)NC(C)C(C)C)C1CC1. The standard InChI is InChI=1S/C14H30N4/c1-6-18(13-7-8-13)10-9-16-14(15-5)17-12(4)11(2)3/h11-13H,6-10H2,1-5H3,(H2,15,16,17). The molecule has 1 rings (SSSR count). The minimum absolute atomic E-state index is 0.446. The van der Waals surface area contributed by atoms with Crippen molar-refractivity contribution >= 4 is 5.96 Å². The molecule has 0 amide bonds. The maximum atomic E-state index is 4.27. The lowest BCUT2D eigenvalue weighted by Crippen LogP contribution is -2.46. The van der Waals surface area contributed by atoms with E-state index in [9.17, 15) is 0 Å². The van der Waals surface area contributed by atoms with Gasteiger partial charge in [0.25, 0.3) is 0 Å². The maximum absolute atomic E-state index is 4.27. The molecule has 18 heavy (non-hydrogen) atoms. The molecule has 0 aromatic carbocycles. The van der Waals surface area contributed by atoms with Crippen molar-refractivity contribution in [3.8, 4) is 0 Å². The van der Waals surface area contributed by atoms with Crippen LogP contribution in [0.4, 0.5) is 0 Å². The Morgan fingerprint density at radius 1 is 1.33 bits per heavy atom. The number of likely N-dealkylation sites (N-methyl/N-ethyl adjacent to an activating group) is 1. The zero-order valence-electron chi connectivity index (χ0n) is 12.7. The van der Waals surface area contributed by atoms with Gasteiger partial charge in [-0.25, -0.2) is 0 Å². The van der Waals surface area contributed by atoms with Gasteiger partial charge >= 0.3 is 0 Å². The summed E-state index contributed by atoms with van der Waals surface area (Å²) in [5, 5.41) is 6.82. The van der Waals surface area contributed by atoms with E-state index in [1.54, 1.807) is 0 Å². The van der Waals surface area contributed by atoms with Crippen LogP contribution in [-0.4, -0.2) is 49.6 Å². The maximum Gasteiger partial charge on any atom is 0.191 e. The van der Waals surface area contributed by atoms with Crippen molar-refractivity contribution in [1.29, 1.82) is 0 Å². The fourth-order valence-corrected chi connectivity index (χ4v) is 1.93. The van der Waals surface area contributed by atoms with Crippen LogP contribution in [0.1, 0.15) is 40.5 Å². The Kier molecular flexibility index (Phi) is 6.47. The Labute approximate surface area is 112 Å². The molecule has 106 valence electrons. The minimum Gasteiger partial charge on any atom is -0.355 e. The van der Waals surface area contributed by atoms with E-state index in [1.165, 1.54) is 12.8 Å². The molecule has 0 heterocycles. The average Bonchev–Trinajstić information content (AvgIpc) is 3.16. The third kappa shape index (κ3) is 5.25. The molecule has 1 fully saturated rings. The normalized spacial score (nSPS) is 18.3. The fraction of sp³-hybridized carbons (Fsp3) is 0.929. The van der Waals surface area contributed by atoms with Gasteiger partial charge in [-0.3, -0.25) is 9.89 Å². The summed E-state index contributed by atoms with van der Waals surface area (Å²) in [4.78, 5) is 6.82. The lowest BCUT2D eigenvalue weighted by atomic mass is 10.1. The smallest absolute Gasteiger partial charge is 0.191 e. The number of rotatable bonds is 7. The first-order chi connectivity index (χ1) is 8.58. The van der Waals surface area contributed by atoms with Crippen molar-refractivity contribution in [3.63, 3.8) is 0 Å². The van der Waals surface area contributed by atoms with Crippen LogP contribution in [0.25, 0.3) is 0 Å². The summed E-state index contributed by atoms with van der Waals surface area (Å²) in [7, 11) is 1.83. The van der Waals surface area contributed by atoms with Crippen molar-refractivity contribution in [3.05, 3.63) is 0 Å². The van der Waals surface area contributed by atoms with Crippen LogP contribution in [0.3, 0.4) is 0 Å². The van der Waals surface area contributed by atoms with E-state index < -0.39 is 0 Å². The third-order valence-electron chi connectivity index (χ3n) is 3.75. The van der Waals surface area contributed by atoms with Gasteiger partial charge in [0.2, 0.25) is 0 Å². The van der Waals surface area contributed by atoms with Crippen LogP contribution < -0.4 is 10.6 Å². The number of nitrogens with zero attached hydrogens (tertiary/aromatic N) is 2. The van der Waals surface area contributed by atoms with E-state index in [4.69, 9.17) is 0 Å². The van der Waals surface area contributed by atoms with Gasteiger partial charge in [0, 0.05) is 32.2 Å². The molecule has 2 N–H and O–H groups in total. The molecule has 4 heteroatoms. The molecule has 1 aliphatic carbocycles. The summed E-state index contributed by atoms with van der Waals surface area (Å²) in [6.45, 7) is 12.1. The lowest BCUT2D eigenvalue weighted by Gasteiger charge is -2.23. The van der Waals surface area contributed by atoms with Crippen LogP contribution >= 0.6 is 0 Å². The topological polar surface area (TPSA) is 39.7 Å². The molecule has 0 saturated heterocycles. The van der Waals surface area contributed by atoms with Crippen LogP contribution in [0, 0.1) is 5.92 Å². The minimum atomic E-state index is 0.446. The largest absolute Gasteiger partial charge is 0.355 e. The summed E-state index contributed by atoms with van der Waals surface area (Å²) < 4.78 is 0. The van der Waals surface area contributed by atoms with Crippen LogP contribution in [0.5, 0.6) is 0 Å². The van der Waals surface area contributed by atoms with Gasteiger partial charge in [-0.1, -0.05) is 20.8 Å². The third-order valence-corrected chi connectivity index (χ3v) is 3.75. The first-order valence-corrected chi connectivity index (χ1v) is 7.29. The van der Waals surface area contributed by atoms with E-state index in [0.29, 0.717) is 12.0 Å². The van der Waals surface area contributed by atoms with Gasteiger partial charge in [-0.15, -0.1) is 0 Å².